The summed E-state index contributed by atoms with van der Waals surface area (Å²) in [6, 6.07) is 4.22. The van der Waals surface area contributed by atoms with E-state index in [4.69, 9.17) is 5.73 Å². The van der Waals surface area contributed by atoms with Crippen molar-refractivity contribution in [3.05, 3.63) is 47.3 Å². The molecular weight excluding hydrogens is 283 g/mol. The van der Waals surface area contributed by atoms with Crippen LogP contribution in [0.3, 0.4) is 0 Å². The molecule has 1 aromatic carbocycles. The summed E-state index contributed by atoms with van der Waals surface area (Å²) in [7, 11) is 0. The van der Waals surface area contributed by atoms with Crippen molar-refractivity contribution in [3.8, 4) is 0 Å². The molecule has 1 amide bonds. The van der Waals surface area contributed by atoms with Gasteiger partial charge in [0.25, 0.3) is 0 Å². The van der Waals surface area contributed by atoms with E-state index >= 15 is 0 Å². The molecule has 2 aromatic rings. The lowest BCUT2D eigenvalue weighted by atomic mass is 10.1. The molecular formula is C16H19FN4O. The molecule has 1 aliphatic rings. The van der Waals surface area contributed by atoms with E-state index in [1.165, 1.54) is 12.1 Å². The van der Waals surface area contributed by atoms with Gasteiger partial charge in [0.05, 0.1) is 12.6 Å². The Balaban J connectivity index is 1.98. The van der Waals surface area contributed by atoms with Crippen molar-refractivity contribution < 1.29 is 9.18 Å². The summed E-state index contributed by atoms with van der Waals surface area (Å²) in [6.07, 6.45) is 4.26. The molecule has 5 nitrogen and oxygen atoms in total. The summed E-state index contributed by atoms with van der Waals surface area (Å²) in [5, 5.41) is 0. The highest BCUT2D eigenvalue weighted by Gasteiger charge is 2.36. The molecule has 0 spiro atoms. The Labute approximate surface area is 128 Å². The molecule has 0 saturated heterocycles. The fraction of sp³-hybridized carbons (Fsp3) is 0.375. The van der Waals surface area contributed by atoms with E-state index in [0.717, 1.165) is 35.6 Å². The maximum Gasteiger partial charge on any atom is 0.241 e. The first-order valence-electron chi connectivity index (χ1n) is 7.48. The van der Waals surface area contributed by atoms with E-state index in [1.54, 1.807) is 17.2 Å². The van der Waals surface area contributed by atoms with Crippen LogP contribution in [0.4, 0.5) is 10.1 Å². The molecule has 0 fully saturated rings. The van der Waals surface area contributed by atoms with Gasteiger partial charge in [-0.25, -0.2) is 9.37 Å². The molecule has 0 aliphatic carbocycles. The number of imidazole rings is 1. The van der Waals surface area contributed by atoms with Crippen molar-refractivity contribution in [2.24, 2.45) is 5.73 Å². The first-order valence-corrected chi connectivity index (χ1v) is 7.48. The summed E-state index contributed by atoms with van der Waals surface area (Å²) >= 11 is 0. The Morgan fingerprint density at radius 3 is 3.09 bits per heavy atom. The lowest BCUT2D eigenvalue weighted by Crippen LogP contribution is -2.37. The summed E-state index contributed by atoms with van der Waals surface area (Å²) in [5.74, 6) is 0.233. The molecule has 1 atom stereocenters. The molecule has 22 heavy (non-hydrogen) atoms. The SMILES string of the molecule is CCCc1cnc(C2Cc3cc(F)ccc3N2C(=O)CN)[nH]1. The number of nitrogens with zero attached hydrogens (tertiary/aromatic N) is 2. The standard InChI is InChI=1S/C16H19FN4O/c1-2-3-12-9-19-16(20-12)14-7-10-6-11(17)4-5-13(10)21(14)15(22)8-18/h4-6,9,14H,2-3,7-8,18H2,1H3,(H,19,20). The van der Waals surface area contributed by atoms with Gasteiger partial charge in [0.1, 0.15) is 11.6 Å². The number of hydrogen-bond donors (Lipinski definition) is 2. The van der Waals surface area contributed by atoms with Gasteiger partial charge in [0.2, 0.25) is 5.91 Å². The van der Waals surface area contributed by atoms with Crippen LogP contribution in [0.25, 0.3) is 0 Å². The summed E-state index contributed by atoms with van der Waals surface area (Å²) < 4.78 is 13.5. The van der Waals surface area contributed by atoms with Crippen molar-refractivity contribution in [3.63, 3.8) is 0 Å². The lowest BCUT2D eigenvalue weighted by molar-refractivity contribution is -0.117. The quantitative estimate of drug-likeness (QED) is 0.908. The van der Waals surface area contributed by atoms with Gasteiger partial charge in [-0.1, -0.05) is 13.3 Å². The zero-order valence-electron chi connectivity index (χ0n) is 12.5. The van der Waals surface area contributed by atoms with Gasteiger partial charge in [-0.15, -0.1) is 0 Å². The van der Waals surface area contributed by atoms with Crippen molar-refractivity contribution in [1.29, 1.82) is 0 Å². The molecule has 0 bridgehead atoms. The number of benzene rings is 1. The van der Waals surface area contributed by atoms with Crippen LogP contribution in [-0.2, 0) is 17.6 Å². The summed E-state index contributed by atoms with van der Waals surface area (Å²) in [5.41, 5.74) is 8.10. The first kappa shape index (κ1) is 14.7. The smallest absolute Gasteiger partial charge is 0.241 e. The second-order valence-electron chi connectivity index (χ2n) is 5.50. The van der Waals surface area contributed by atoms with Crippen molar-refractivity contribution in [2.75, 3.05) is 11.4 Å². The Morgan fingerprint density at radius 2 is 2.36 bits per heavy atom. The minimum atomic E-state index is -0.300. The number of aromatic nitrogens is 2. The maximum absolute atomic E-state index is 13.5. The van der Waals surface area contributed by atoms with Crippen LogP contribution < -0.4 is 10.6 Å². The topological polar surface area (TPSA) is 75.0 Å². The van der Waals surface area contributed by atoms with Crippen molar-refractivity contribution in [2.45, 2.75) is 32.2 Å². The minimum Gasteiger partial charge on any atom is -0.344 e. The van der Waals surface area contributed by atoms with Crippen LogP contribution in [0, 0.1) is 5.82 Å². The van der Waals surface area contributed by atoms with E-state index in [-0.39, 0.29) is 24.3 Å². The highest BCUT2D eigenvalue weighted by Crippen LogP contribution is 2.39. The van der Waals surface area contributed by atoms with E-state index in [9.17, 15) is 9.18 Å². The third-order valence-electron chi connectivity index (χ3n) is 3.95. The number of halogens is 1. The van der Waals surface area contributed by atoms with Crippen LogP contribution in [-0.4, -0.2) is 22.4 Å². The van der Waals surface area contributed by atoms with Crippen molar-refractivity contribution in [1.82, 2.24) is 9.97 Å². The van der Waals surface area contributed by atoms with E-state index in [2.05, 4.69) is 16.9 Å². The van der Waals surface area contributed by atoms with Crippen molar-refractivity contribution >= 4 is 11.6 Å². The second kappa shape index (κ2) is 5.88. The molecule has 2 heterocycles. The van der Waals surface area contributed by atoms with Gasteiger partial charge >= 0.3 is 0 Å². The molecule has 6 heteroatoms. The lowest BCUT2D eigenvalue weighted by Gasteiger charge is -2.23. The number of H-pyrrole nitrogens is 1. The Bertz CT molecular complexity index is 697. The van der Waals surface area contributed by atoms with Gasteiger partial charge in [-0.3, -0.25) is 4.79 Å². The number of amides is 1. The van der Waals surface area contributed by atoms with Crippen LogP contribution >= 0.6 is 0 Å². The molecule has 116 valence electrons. The average Bonchev–Trinajstić information content (AvgIpc) is 3.10. The Hall–Kier alpha value is -2.21. The fourth-order valence-electron chi connectivity index (χ4n) is 2.99. The number of carbonyl (C=O) groups excluding carboxylic acids is 1. The zero-order valence-corrected chi connectivity index (χ0v) is 12.5. The van der Waals surface area contributed by atoms with Crippen LogP contribution in [0.2, 0.25) is 0 Å². The number of rotatable bonds is 4. The Morgan fingerprint density at radius 1 is 1.55 bits per heavy atom. The van der Waals surface area contributed by atoms with E-state index in [0.29, 0.717) is 6.42 Å². The molecule has 1 aliphatic heterocycles. The first-order chi connectivity index (χ1) is 10.6. The summed E-state index contributed by atoms with van der Waals surface area (Å²) in [6.45, 7) is 2.01. The normalized spacial score (nSPS) is 16.9. The molecule has 1 unspecified atom stereocenters. The van der Waals surface area contributed by atoms with Gasteiger partial charge in [0.15, 0.2) is 0 Å². The molecule has 3 rings (SSSR count). The number of aromatic amines is 1. The zero-order chi connectivity index (χ0) is 15.7. The van der Waals surface area contributed by atoms with Crippen LogP contribution in [0.15, 0.2) is 24.4 Å². The number of hydrogen-bond acceptors (Lipinski definition) is 3. The van der Waals surface area contributed by atoms with Gasteiger partial charge in [-0.05, 0) is 30.2 Å². The molecule has 1 aromatic heterocycles. The fourth-order valence-corrected chi connectivity index (χ4v) is 2.99. The number of nitrogens with two attached hydrogens (primary N) is 1. The number of aryl methyl sites for hydroxylation is 1. The number of anilines is 1. The van der Waals surface area contributed by atoms with Gasteiger partial charge < -0.3 is 15.6 Å². The molecule has 0 saturated carbocycles. The number of fused-ring (bicyclic) bond motifs is 1. The third-order valence-corrected chi connectivity index (χ3v) is 3.95. The highest BCUT2D eigenvalue weighted by atomic mass is 19.1. The van der Waals surface area contributed by atoms with E-state index in [1.807, 2.05) is 0 Å². The molecule has 0 radical (unpaired) electrons. The predicted octanol–water partition coefficient (Wildman–Crippen LogP) is 2.09. The van der Waals surface area contributed by atoms with E-state index < -0.39 is 0 Å². The molecule has 3 N–H and O–H groups in total. The number of nitrogens with one attached hydrogen (secondary N) is 1. The average molecular weight is 302 g/mol. The minimum absolute atomic E-state index is 0.0875. The largest absolute Gasteiger partial charge is 0.344 e. The highest BCUT2D eigenvalue weighted by molar-refractivity contribution is 5.97. The monoisotopic (exact) mass is 302 g/mol. The van der Waals surface area contributed by atoms with Gasteiger partial charge in [-0.2, -0.15) is 0 Å². The Kier molecular flexibility index (Phi) is 3.94. The predicted molar refractivity (Wildman–Crippen MR) is 82.0 cm³/mol. The third kappa shape index (κ3) is 2.50. The summed E-state index contributed by atoms with van der Waals surface area (Å²) in [4.78, 5) is 21.6. The van der Waals surface area contributed by atoms with Crippen LogP contribution in [0.5, 0.6) is 0 Å². The number of carbonyl (C=O) groups is 1. The second-order valence-corrected chi connectivity index (χ2v) is 5.50. The van der Waals surface area contributed by atoms with Gasteiger partial charge in [0, 0.05) is 24.0 Å². The van der Waals surface area contributed by atoms with Crippen LogP contribution in [0.1, 0.15) is 36.5 Å². The maximum atomic E-state index is 13.5.